The molecule has 0 heterocycles. The predicted molar refractivity (Wildman–Crippen MR) is 80.1 cm³/mol. The van der Waals surface area contributed by atoms with E-state index in [0.29, 0.717) is 12.0 Å². The van der Waals surface area contributed by atoms with Crippen LogP contribution < -0.4 is 4.90 Å². The molecule has 1 aromatic carbocycles. The van der Waals surface area contributed by atoms with Crippen molar-refractivity contribution in [3.8, 4) is 0 Å². The average molecular weight is 338 g/mol. The van der Waals surface area contributed by atoms with Gasteiger partial charge in [0.1, 0.15) is 12.6 Å². The summed E-state index contributed by atoms with van der Waals surface area (Å²) in [4.78, 5) is 12.9. The third-order valence-electron chi connectivity index (χ3n) is 3.29. The van der Waals surface area contributed by atoms with Crippen molar-refractivity contribution in [2.24, 2.45) is 0 Å². The van der Waals surface area contributed by atoms with Crippen LogP contribution in [0.15, 0.2) is 18.2 Å². The number of anilines is 1. The molecule has 1 atom stereocenters. The molecule has 0 bridgehead atoms. The van der Waals surface area contributed by atoms with Gasteiger partial charge in [-0.15, -0.1) is 11.6 Å². The summed E-state index contributed by atoms with van der Waals surface area (Å²) >= 11 is 5.54. The van der Waals surface area contributed by atoms with Crippen LogP contribution in [0.1, 0.15) is 31.4 Å². The molecule has 0 aromatic heterocycles. The summed E-state index contributed by atoms with van der Waals surface area (Å²) in [6, 6.07) is 3.77. The van der Waals surface area contributed by atoms with E-state index in [4.69, 9.17) is 16.3 Å². The van der Waals surface area contributed by atoms with Gasteiger partial charge in [0.15, 0.2) is 0 Å². The third kappa shape index (κ3) is 4.61. The minimum atomic E-state index is -4.57. The van der Waals surface area contributed by atoms with Gasteiger partial charge in [0.05, 0.1) is 17.4 Å². The zero-order valence-electron chi connectivity index (χ0n) is 12.7. The normalized spacial score (nSPS) is 13.0. The number of para-hydroxylation sites is 1. The molecule has 1 amide bonds. The highest BCUT2D eigenvalue weighted by atomic mass is 35.5. The van der Waals surface area contributed by atoms with Crippen molar-refractivity contribution in [1.82, 2.24) is 0 Å². The van der Waals surface area contributed by atoms with Crippen molar-refractivity contribution in [3.05, 3.63) is 29.3 Å². The number of hydrogen-bond acceptors (Lipinski definition) is 2. The highest BCUT2D eigenvalue weighted by Crippen LogP contribution is 2.38. The molecule has 0 spiro atoms. The number of amides is 1. The van der Waals surface area contributed by atoms with Crippen molar-refractivity contribution >= 4 is 23.2 Å². The minimum absolute atomic E-state index is 0.177. The number of nitrogens with zero attached hydrogens (tertiary/aromatic N) is 1. The summed E-state index contributed by atoms with van der Waals surface area (Å²) in [5.41, 5.74) is -0.747. The van der Waals surface area contributed by atoms with Gasteiger partial charge in [-0.05, 0) is 31.9 Å². The molecule has 0 fully saturated rings. The Hall–Kier alpha value is -1.27. The fraction of sp³-hybridized carbons (Fsp3) is 0.533. The fourth-order valence-electron chi connectivity index (χ4n) is 1.90. The standard InChI is InChI=1S/C15H19ClF3NO2/c1-4-11(3)22-9-20(13(21)8-16)14-10(2)6-5-7-12(14)15(17,18)19/h5-7,11H,4,8-9H2,1-3H3. The van der Waals surface area contributed by atoms with E-state index in [9.17, 15) is 18.0 Å². The maximum absolute atomic E-state index is 13.2. The lowest BCUT2D eigenvalue weighted by atomic mass is 10.1. The molecule has 0 aliphatic heterocycles. The smallest absolute Gasteiger partial charge is 0.358 e. The number of aryl methyl sites for hydroxylation is 1. The Kier molecular flexibility index (Phi) is 6.68. The number of alkyl halides is 4. The average Bonchev–Trinajstić information content (AvgIpc) is 2.46. The van der Waals surface area contributed by atoms with Crippen molar-refractivity contribution in [3.63, 3.8) is 0 Å². The number of benzene rings is 1. The fourth-order valence-corrected chi connectivity index (χ4v) is 2.04. The van der Waals surface area contributed by atoms with Crippen LogP contribution in [-0.4, -0.2) is 24.6 Å². The lowest BCUT2D eigenvalue weighted by Crippen LogP contribution is -2.37. The Bertz CT molecular complexity index is 520. The zero-order valence-corrected chi connectivity index (χ0v) is 13.5. The van der Waals surface area contributed by atoms with E-state index in [2.05, 4.69) is 0 Å². The van der Waals surface area contributed by atoms with Gasteiger partial charge in [-0.3, -0.25) is 9.69 Å². The summed E-state index contributed by atoms with van der Waals surface area (Å²) < 4.78 is 45.1. The van der Waals surface area contributed by atoms with Crippen LogP contribution in [-0.2, 0) is 15.7 Å². The summed E-state index contributed by atoms with van der Waals surface area (Å²) in [6.45, 7) is 4.91. The van der Waals surface area contributed by atoms with Gasteiger partial charge in [-0.2, -0.15) is 13.2 Å². The second-order valence-electron chi connectivity index (χ2n) is 4.94. The summed E-state index contributed by atoms with van der Waals surface area (Å²) in [5, 5.41) is 0. The molecule has 22 heavy (non-hydrogen) atoms. The minimum Gasteiger partial charge on any atom is -0.358 e. The third-order valence-corrected chi connectivity index (χ3v) is 3.52. The molecule has 3 nitrogen and oxygen atoms in total. The molecule has 0 saturated heterocycles. The summed E-state index contributed by atoms with van der Waals surface area (Å²) in [6.07, 6.45) is -4.06. The van der Waals surface area contributed by atoms with E-state index in [1.165, 1.54) is 19.1 Å². The SMILES string of the molecule is CCC(C)OCN(C(=O)CCl)c1c(C)cccc1C(F)(F)F. The number of ether oxygens (including phenoxy) is 1. The van der Waals surface area contributed by atoms with Crippen molar-refractivity contribution < 1.29 is 22.7 Å². The Morgan fingerprint density at radius 3 is 2.55 bits per heavy atom. The maximum atomic E-state index is 13.2. The van der Waals surface area contributed by atoms with Gasteiger partial charge in [-0.25, -0.2) is 0 Å². The van der Waals surface area contributed by atoms with E-state index >= 15 is 0 Å². The number of carbonyl (C=O) groups excluding carboxylic acids is 1. The van der Waals surface area contributed by atoms with Crippen molar-refractivity contribution in [1.29, 1.82) is 0 Å². The van der Waals surface area contributed by atoms with Crippen LogP contribution >= 0.6 is 11.6 Å². The first-order chi connectivity index (χ1) is 10.2. The second kappa shape index (κ2) is 7.83. The van der Waals surface area contributed by atoms with Gasteiger partial charge in [0.25, 0.3) is 0 Å². The molecule has 0 aliphatic carbocycles. The Morgan fingerprint density at radius 1 is 1.41 bits per heavy atom. The van der Waals surface area contributed by atoms with Crippen LogP contribution in [0.25, 0.3) is 0 Å². The molecule has 0 aliphatic rings. The quantitative estimate of drug-likeness (QED) is 0.570. The van der Waals surface area contributed by atoms with Crippen LogP contribution in [0.5, 0.6) is 0 Å². The number of halogens is 4. The Morgan fingerprint density at radius 2 is 2.05 bits per heavy atom. The van der Waals surface area contributed by atoms with Gasteiger partial charge in [0.2, 0.25) is 5.91 Å². The molecule has 1 rings (SSSR count). The molecular formula is C15H19ClF3NO2. The molecule has 0 saturated carbocycles. The van der Waals surface area contributed by atoms with Crippen LogP contribution in [0.3, 0.4) is 0 Å². The Labute approximate surface area is 133 Å². The van der Waals surface area contributed by atoms with Gasteiger partial charge >= 0.3 is 6.18 Å². The van der Waals surface area contributed by atoms with Crippen molar-refractivity contribution in [2.75, 3.05) is 17.5 Å². The van der Waals surface area contributed by atoms with Crippen LogP contribution in [0.2, 0.25) is 0 Å². The van der Waals surface area contributed by atoms with E-state index < -0.39 is 23.5 Å². The largest absolute Gasteiger partial charge is 0.418 e. The van der Waals surface area contributed by atoms with E-state index in [1.807, 2.05) is 6.92 Å². The van der Waals surface area contributed by atoms with Gasteiger partial charge < -0.3 is 4.74 Å². The lowest BCUT2D eigenvalue weighted by Gasteiger charge is -2.28. The predicted octanol–water partition coefficient (Wildman–Crippen LogP) is 4.36. The summed E-state index contributed by atoms with van der Waals surface area (Å²) in [7, 11) is 0. The first-order valence-electron chi connectivity index (χ1n) is 6.87. The maximum Gasteiger partial charge on any atom is 0.418 e. The lowest BCUT2D eigenvalue weighted by molar-refractivity contribution is -0.137. The summed E-state index contributed by atoms with van der Waals surface area (Å²) in [5.74, 6) is -1.06. The highest BCUT2D eigenvalue weighted by Gasteiger charge is 2.36. The Balaban J connectivity index is 3.27. The van der Waals surface area contributed by atoms with Crippen molar-refractivity contribution in [2.45, 2.75) is 39.5 Å². The molecule has 1 aromatic rings. The number of rotatable bonds is 6. The molecule has 0 radical (unpaired) electrons. The molecule has 124 valence electrons. The van der Waals surface area contributed by atoms with Gasteiger partial charge in [0, 0.05) is 0 Å². The molecule has 7 heteroatoms. The monoisotopic (exact) mass is 337 g/mol. The number of hydrogen-bond donors (Lipinski definition) is 0. The first-order valence-corrected chi connectivity index (χ1v) is 7.40. The second-order valence-corrected chi connectivity index (χ2v) is 5.21. The highest BCUT2D eigenvalue weighted by molar-refractivity contribution is 6.29. The zero-order chi connectivity index (χ0) is 16.9. The van der Waals surface area contributed by atoms with Gasteiger partial charge in [-0.1, -0.05) is 19.1 Å². The topological polar surface area (TPSA) is 29.5 Å². The first kappa shape index (κ1) is 18.8. The van der Waals surface area contributed by atoms with Crippen LogP contribution in [0, 0.1) is 6.92 Å². The van der Waals surface area contributed by atoms with E-state index in [0.717, 1.165) is 11.0 Å². The molecule has 0 N–H and O–H groups in total. The number of carbonyl (C=O) groups is 1. The van der Waals surface area contributed by atoms with Crippen LogP contribution in [0.4, 0.5) is 18.9 Å². The molecule has 1 unspecified atom stereocenters. The van der Waals surface area contributed by atoms with E-state index in [1.54, 1.807) is 6.92 Å². The van der Waals surface area contributed by atoms with E-state index in [-0.39, 0.29) is 18.5 Å². The molecular weight excluding hydrogens is 319 g/mol.